The zero-order chi connectivity index (χ0) is 37.8. The van der Waals surface area contributed by atoms with Gasteiger partial charge in [0.1, 0.15) is 11.4 Å². The van der Waals surface area contributed by atoms with Gasteiger partial charge in [-0.2, -0.15) is 4.40 Å². The average molecular weight is 752 g/mol. The number of aliphatic imine (C=N–C) groups is 1. The van der Waals surface area contributed by atoms with Gasteiger partial charge in [0.05, 0.1) is 28.2 Å². The molecule has 5 rings (SSSR count). The van der Waals surface area contributed by atoms with Gasteiger partial charge in [-0.05, 0) is 107 Å². The maximum Gasteiger partial charge on any atom is 0.309 e. The van der Waals surface area contributed by atoms with Crippen molar-refractivity contribution in [3.05, 3.63) is 64.7 Å². The van der Waals surface area contributed by atoms with Crippen LogP contribution in [0.1, 0.15) is 68.7 Å². The number of fused-ring (bicyclic) bond motifs is 2. The molecule has 280 valence electrons. The topological polar surface area (TPSA) is 170 Å². The first-order valence-corrected chi connectivity index (χ1v) is 20.3. The molecule has 0 aromatic heterocycles. The first kappa shape index (κ1) is 38.9. The predicted octanol–water partition coefficient (Wildman–Crippen LogP) is 5.06. The Labute approximate surface area is 308 Å². The first-order chi connectivity index (χ1) is 24.6. The molecule has 0 aliphatic carbocycles. The van der Waals surface area contributed by atoms with Gasteiger partial charge in [-0.3, -0.25) is 14.6 Å². The Morgan fingerprint density at radius 1 is 1.10 bits per heavy atom. The Kier molecular flexibility index (Phi) is 12.1. The molecule has 2 aliphatic heterocycles. The number of piperidine rings is 1. The van der Waals surface area contributed by atoms with E-state index in [1.165, 1.54) is 6.21 Å². The van der Waals surface area contributed by atoms with Crippen LogP contribution in [0.4, 0.5) is 0 Å². The molecule has 12 nitrogen and oxygen atoms in total. The van der Waals surface area contributed by atoms with E-state index in [2.05, 4.69) is 14.1 Å². The van der Waals surface area contributed by atoms with Gasteiger partial charge in [-0.1, -0.05) is 30.3 Å². The number of amides is 1. The first-order valence-electron chi connectivity index (χ1n) is 17.7. The van der Waals surface area contributed by atoms with E-state index in [4.69, 9.17) is 15.2 Å². The molecule has 2 unspecified atom stereocenters. The summed E-state index contributed by atoms with van der Waals surface area (Å²) in [5.41, 5.74) is 8.51. The zero-order valence-electron chi connectivity index (χ0n) is 30.7. The monoisotopic (exact) mass is 751 g/mol. The molecular formula is C38H49N5O7S2. The highest BCUT2D eigenvalue weighted by Crippen LogP contribution is 2.43. The second kappa shape index (κ2) is 16.2. The Morgan fingerprint density at radius 3 is 2.48 bits per heavy atom. The van der Waals surface area contributed by atoms with Gasteiger partial charge < -0.3 is 20.1 Å². The third-order valence-corrected chi connectivity index (χ3v) is 12.4. The highest BCUT2D eigenvalue weighted by molar-refractivity contribution is 7.90. The van der Waals surface area contributed by atoms with E-state index >= 15 is 0 Å². The number of esters is 1. The van der Waals surface area contributed by atoms with Crippen molar-refractivity contribution in [3.63, 3.8) is 0 Å². The SMILES string of the molecule is CCOC(=O)C1CCN(C(=O)C(/C=N/S(=O)c2ccc3ccccc3c2)CCCN=C(N)NS(=O)(=O)c2c(C)c(C)c3c(c2C)CC(C)(C)O3)CC1. The van der Waals surface area contributed by atoms with E-state index in [0.29, 0.717) is 67.8 Å². The number of nitrogens with one attached hydrogen (secondary N) is 1. The van der Waals surface area contributed by atoms with Crippen molar-refractivity contribution in [1.29, 1.82) is 0 Å². The van der Waals surface area contributed by atoms with E-state index in [9.17, 15) is 22.2 Å². The van der Waals surface area contributed by atoms with Crippen LogP contribution in [0.2, 0.25) is 0 Å². The fourth-order valence-corrected chi connectivity index (χ4v) is 9.25. The van der Waals surface area contributed by atoms with Crippen LogP contribution >= 0.6 is 0 Å². The lowest BCUT2D eigenvalue weighted by molar-refractivity contribution is -0.151. The maximum absolute atomic E-state index is 13.8. The van der Waals surface area contributed by atoms with Crippen molar-refractivity contribution in [2.75, 3.05) is 26.2 Å². The lowest BCUT2D eigenvalue weighted by Crippen LogP contribution is -2.43. The van der Waals surface area contributed by atoms with E-state index in [1.54, 1.807) is 31.7 Å². The highest BCUT2D eigenvalue weighted by atomic mass is 32.2. The molecule has 0 radical (unpaired) electrons. The van der Waals surface area contributed by atoms with Crippen LogP contribution in [0.25, 0.3) is 10.8 Å². The van der Waals surface area contributed by atoms with Crippen LogP contribution < -0.4 is 15.2 Å². The van der Waals surface area contributed by atoms with Crippen molar-refractivity contribution in [2.24, 2.45) is 27.0 Å². The minimum Gasteiger partial charge on any atom is -0.487 e. The number of likely N-dealkylation sites (tertiary alicyclic amines) is 1. The summed E-state index contributed by atoms with van der Waals surface area (Å²) in [5, 5.41) is 1.95. The van der Waals surface area contributed by atoms with Crippen LogP contribution in [-0.4, -0.2) is 73.4 Å². The summed E-state index contributed by atoms with van der Waals surface area (Å²) >= 11 is 0. The summed E-state index contributed by atoms with van der Waals surface area (Å²) < 4.78 is 58.5. The molecule has 1 amide bonds. The summed E-state index contributed by atoms with van der Waals surface area (Å²) in [6.07, 6.45) is 3.68. The summed E-state index contributed by atoms with van der Waals surface area (Å²) in [5.74, 6) is -0.946. The number of nitrogens with two attached hydrogens (primary N) is 1. The molecule has 0 bridgehead atoms. The number of guanidine groups is 1. The number of carbonyl (C=O) groups excluding carboxylic acids is 2. The minimum absolute atomic E-state index is 0.133. The highest BCUT2D eigenvalue weighted by Gasteiger charge is 2.37. The molecule has 2 atom stereocenters. The van der Waals surface area contributed by atoms with Crippen LogP contribution in [0, 0.1) is 32.6 Å². The largest absolute Gasteiger partial charge is 0.487 e. The fraction of sp³-hybridized carbons (Fsp3) is 0.474. The van der Waals surface area contributed by atoms with Crippen molar-refractivity contribution < 1.29 is 31.7 Å². The molecule has 0 saturated carbocycles. The molecule has 0 spiro atoms. The van der Waals surface area contributed by atoms with Crippen LogP contribution in [0.3, 0.4) is 0 Å². The third-order valence-electron chi connectivity index (χ3n) is 9.76. The fourth-order valence-electron chi connectivity index (χ4n) is 6.94. The second-order valence-electron chi connectivity index (χ2n) is 14.0. The summed E-state index contributed by atoms with van der Waals surface area (Å²) in [4.78, 5) is 32.7. The van der Waals surface area contributed by atoms with Crippen molar-refractivity contribution in [3.8, 4) is 5.75 Å². The van der Waals surface area contributed by atoms with Crippen molar-refractivity contribution >= 4 is 55.8 Å². The Hall–Kier alpha value is -4.30. The van der Waals surface area contributed by atoms with Gasteiger partial charge in [-0.25, -0.2) is 17.3 Å². The van der Waals surface area contributed by atoms with Gasteiger partial charge >= 0.3 is 5.97 Å². The second-order valence-corrected chi connectivity index (χ2v) is 16.8. The smallest absolute Gasteiger partial charge is 0.309 e. The minimum atomic E-state index is -4.07. The van der Waals surface area contributed by atoms with Gasteiger partial charge in [0.15, 0.2) is 11.0 Å². The zero-order valence-corrected chi connectivity index (χ0v) is 32.4. The Bertz CT molecular complexity index is 2040. The number of hydrogen-bond donors (Lipinski definition) is 2. The van der Waals surface area contributed by atoms with E-state index in [1.807, 2.05) is 57.2 Å². The summed E-state index contributed by atoms with van der Waals surface area (Å²) in [6.45, 7) is 12.3. The molecule has 3 N–H and O–H groups in total. The van der Waals surface area contributed by atoms with Gasteiger partial charge in [0, 0.05) is 37.8 Å². The number of benzene rings is 3. The normalized spacial score (nSPS) is 17.5. The molecule has 3 aromatic carbocycles. The third kappa shape index (κ3) is 8.83. The molecule has 1 fully saturated rings. The van der Waals surface area contributed by atoms with Crippen LogP contribution in [0.15, 0.2) is 61.6 Å². The van der Waals surface area contributed by atoms with E-state index in [0.717, 1.165) is 27.6 Å². The molecule has 1 saturated heterocycles. The quantitative estimate of drug-likeness (QED) is 0.112. The number of rotatable bonds is 12. The molecule has 3 aromatic rings. The Balaban J connectivity index is 1.27. The molecule has 14 heteroatoms. The van der Waals surface area contributed by atoms with Crippen LogP contribution in [-0.2, 0) is 41.8 Å². The molecule has 2 aliphatic rings. The number of hydrogen-bond acceptors (Lipinski definition) is 8. The predicted molar refractivity (Wildman–Crippen MR) is 203 cm³/mol. The Morgan fingerprint density at radius 2 is 1.79 bits per heavy atom. The van der Waals surface area contributed by atoms with Gasteiger partial charge in [-0.15, -0.1) is 0 Å². The van der Waals surface area contributed by atoms with Crippen LogP contribution in [0.5, 0.6) is 5.75 Å². The number of sulfonamides is 1. The number of carbonyl (C=O) groups is 2. The number of nitrogens with zero attached hydrogens (tertiary/aromatic N) is 3. The molecule has 2 heterocycles. The van der Waals surface area contributed by atoms with Gasteiger partial charge in [0.2, 0.25) is 11.9 Å². The average Bonchev–Trinajstić information content (AvgIpc) is 3.45. The van der Waals surface area contributed by atoms with E-state index < -0.39 is 32.5 Å². The summed E-state index contributed by atoms with van der Waals surface area (Å²) in [7, 11) is -5.81. The number of ether oxygens (including phenoxy) is 2. The standard InChI is InChI=1S/C38H49N5O7S2/c1-7-49-36(45)28-16-19-43(20-17-28)35(44)30(23-41-51(46)31-15-14-27-11-8-9-12-29(27)21-31)13-10-18-40-37(39)42-52(47,48)34-25(3)24(2)33-32(26(34)4)22-38(5,6)50-33/h8-9,11-12,14-15,21,23,28,30H,7,10,13,16-20,22H2,1-6H3,(H3,39,40,42)/b41-23+. The van der Waals surface area contributed by atoms with E-state index in [-0.39, 0.29) is 35.2 Å². The van der Waals surface area contributed by atoms with Crippen molar-refractivity contribution in [2.45, 2.75) is 89.0 Å². The van der Waals surface area contributed by atoms with Crippen molar-refractivity contribution in [1.82, 2.24) is 9.62 Å². The summed E-state index contributed by atoms with van der Waals surface area (Å²) in [6, 6.07) is 13.2. The molecular weight excluding hydrogens is 703 g/mol. The van der Waals surface area contributed by atoms with Gasteiger partial charge in [0.25, 0.3) is 10.0 Å². The maximum atomic E-state index is 13.8. The molecule has 52 heavy (non-hydrogen) atoms. The lowest BCUT2D eigenvalue weighted by atomic mass is 9.94. The lowest BCUT2D eigenvalue weighted by Gasteiger charge is -2.32.